The average Bonchev–Trinajstić information content (AvgIpc) is 3.52. The summed E-state index contributed by atoms with van der Waals surface area (Å²) in [5.41, 5.74) is 4.91. The fourth-order valence-corrected chi connectivity index (χ4v) is 4.05. The van der Waals surface area contributed by atoms with Crippen LogP contribution in [0.2, 0.25) is 0 Å². The Hall–Kier alpha value is -4.06. The van der Waals surface area contributed by atoms with E-state index in [1.165, 1.54) is 0 Å². The van der Waals surface area contributed by atoms with Gasteiger partial charge < -0.3 is 20.9 Å². The quantitative estimate of drug-likeness (QED) is 0.542. The number of amides is 3. The first kappa shape index (κ1) is 20.8. The normalized spacial score (nSPS) is 15.6. The summed E-state index contributed by atoms with van der Waals surface area (Å²) in [7, 11) is 0. The topological polar surface area (TPSA) is 115 Å². The second kappa shape index (κ2) is 8.47. The molecule has 2 aromatic heterocycles. The molecule has 3 aromatic rings. The maximum atomic E-state index is 12.9. The molecule has 0 spiro atoms. The number of urea groups is 1. The largest absolute Gasteiger partial charge is 0.379 e. The van der Waals surface area contributed by atoms with E-state index in [-0.39, 0.29) is 17.9 Å². The Bertz CT molecular complexity index is 1270. The second-order valence-corrected chi connectivity index (χ2v) is 8.67. The number of nitrogens with zero attached hydrogens (tertiary/aromatic N) is 4. The lowest BCUT2D eigenvalue weighted by atomic mass is 10.0. The number of nitrogens with one attached hydrogen (secondary N) is 3. The number of nitriles is 1. The van der Waals surface area contributed by atoms with E-state index in [9.17, 15) is 9.59 Å². The molecule has 3 amide bonds. The standard InChI is InChI=1S/C24H25N7O2/c1-15-20(23(32)30-12-17(10-25)13-30)14-31-22(15)21(7-8-27-31)26-11-16-3-2-4-19(9-16)29-24(33)28-18-5-6-18/h2-4,7-9,14,17-18,26H,5-6,11-13H2,1H3,(H2,28,29,33). The molecule has 0 atom stereocenters. The van der Waals surface area contributed by atoms with Crippen molar-refractivity contribution in [1.29, 1.82) is 5.26 Å². The van der Waals surface area contributed by atoms with E-state index >= 15 is 0 Å². The number of benzene rings is 1. The fraction of sp³-hybridized carbons (Fsp3) is 0.333. The van der Waals surface area contributed by atoms with Crippen LogP contribution in [0.4, 0.5) is 16.2 Å². The molecule has 1 aromatic carbocycles. The van der Waals surface area contributed by atoms with Crippen molar-refractivity contribution in [2.75, 3.05) is 23.7 Å². The molecule has 33 heavy (non-hydrogen) atoms. The van der Waals surface area contributed by atoms with Crippen LogP contribution < -0.4 is 16.0 Å². The monoisotopic (exact) mass is 443 g/mol. The summed E-state index contributed by atoms with van der Waals surface area (Å²) in [6.45, 7) is 3.41. The molecule has 1 saturated carbocycles. The van der Waals surface area contributed by atoms with Gasteiger partial charge in [0, 0.05) is 43.8 Å². The average molecular weight is 444 g/mol. The summed E-state index contributed by atoms with van der Waals surface area (Å²) in [5, 5.41) is 22.6. The predicted molar refractivity (Wildman–Crippen MR) is 124 cm³/mol. The Balaban J connectivity index is 1.30. The van der Waals surface area contributed by atoms with Crippen LogP contribution in [0.1, 0.15) is 34.3 Å². The molecule has 1 saturated heterocycles. The van der Waals surface area contributed by atoms with Gasteiger partial charge in [-0.05, 0) is 49.1 Å². The van der Waals surface area contributed by atoms with Gasteiger partial charge in [-0.2, -0.15) is 10.4 Å². The number of aromatic nitrogens is 2. The van der Waals surface area contributed by atoms with Crippen LogP contribution >= 0.6 is 0 Å². The molecule has 3 N–H and O–H groups in total. The maximum Gasteiger partial charge on any atom is 0.319 e. The molecule has 168 valence electrons. The van der Waals surface area contributed by atoms with Crippen LogP contribution in [-0.2, 0) is 6.54 Å². The van der Waals surface area contributed by atoms with Crippen molar-refractivity contribution < 1.29 is 9.59 Å². The molecular weight excluding hydrogens is 418 g/mol. The van der Waals surface area contributed by atoms with Crippen molar-refractivity contribution >= 4 is 28.8 Å². The predicted octanol–water partition coefficient (Wildman–Crippen LogP) is 3.13. The van der Waals surface area contributed by atoms with E-state index in [4.69, 9.17) is 5.26 Å². The highest BCUT2D eigenvalue weighted by atomic mass is 16.2. The zero-order chi connectivity index (χ0) is 22.9. The van der Waals surface area contributed by atoms with E-state index in [1.54, 1.807) is 21.8 Å². The van der Waals surface area contributed by atoms with Crippen LogP contribution in [0.15, 0.2) is 42.7 Å². The molecule has 0 bridgehead atoms. The van der Waals surface area contributed by atoms with Gasteiger partial charge in [0.25, 0.3) is 5.91 Å². The Labute approximate surface area is 191 Å². The van der Waals surface area contributed by atoms with Gasteiger partial charge >= 0.3 is 6.03 Å². The molecule has 1 aliphatic heterocycles. The summed E-state index contributed by atoms with van der Waals surface area (Å²) >= 11 is 0. The Morgan fingerprint density at radius 1 is 1.24 bits per heavy atom. The zero-order valence-corrected chi connectivity index (χ0v) is 18.3. The minimum atomic E-state index is -0.178. The third-order valence-electron chi connectivity index (χ3n) is 6.09. The second-order valence-electron chi connectivity index (χ2n) is 8.67. The van der Waals surface area contributed by atoms with Gasteiger partial charge in [-0.1, -0.05) is 12.1 Å². The van der Waals surface area contributed by atoms with E-state index < -0.39 is 0 Å². The lowest BCUT2D eigenvalue weighted by molar-refractivity contribution is 0.0576. The Morgan fingerprint density at radius 3 is 2.82 bits per heavy atom. The zero-order valence-electron chi connectivity index (χ0n) is 18.3. The highest BCUT2D eigenvalue weighted by molar-refractivity contribution is 5.99. The number of carbonyl (C=O) groups excluding carboxylic acids is 2. The summed E-state index contributed by atoms with van der Waals surface area (Å²) in [6.07, 6.45) is 5.53. The number of anilines is 2. The molecule has 2 fully saturated rings. The van der Waals surface area contributed by atoms with Gasteiger partial charge in [-0.3, -0.25) is 4.79 Å². The van der Waals surface area contributed by atoms with E-state index in [0.717, 1.165) is 40.9 Å². The lowest BCUT2D eigenvalue weighted by Gasteiger charge is -2.35. The highest BCUT2D eigenvalue weighted by Gasteiger charge is 2.32. The van der Waals surface area contributed by atoms with Gasteiger partial charge in [-0.25, -0.2) is 9.31 Å². The molecule has 5 rings (SSSR count). The molecule has 1 aliphatic carbocycles. The number of hydrogen-bond acceptors (Lipinski definition) is 5. The van der Waals surface area contributed by atoms with Crippen LogP contribution in [0.3, 0.4) is 0 Å². The first-order chi connectivity index (χ1) is 16.0. The summed E-state index contributed by atoms with van der Waals surface area (Å²) < 4.78 is 1.71. The third-order valence-corrected chi connectivity index (χ3v) is 6.09. The van der Waals surface area contributed by atoms with E-state index in [2.05, 4.69) is 27.1 Å². The minimum Gasteiger partial charge on any atom is -0.379 e. The molecule has 0 unspecified atom stereocenters. The fourth-order valence-electron chi connectivity index (χ4n) is 4.05. The SMILES string of the molecule is Cc1c(C(=O)N2CC(C#N)C2)cn2nccc(NCc3cccc(NC(=O)NC4CC4)c3)c12. The molecule has 2 aliphatic rings. The molecule has 0 radical (unpaired) electrons. The minimum absolute atomic E-state index is 0.0706. The first-order valence-corrected chi connectivity index (χ1v) is 11.1. The number of fused-ring (bicyclic) bond motifs is 1. The van der Waals surface area contributed by atoms with Crippen LogP contribution in [0.5, 0.6) is 0 Å². The number of carbonyl (C=O) groups is 2. The summed E-state index contributed by atoms with van der Waals surface area (Å²) in [4.78, 5) is 26.6. The van der Waals surface area contributed by atoms with Crippen molar-refractivity contribution in [2.45, 2.75) is 32.4 Å². The van der Waals surface area contributed by atoms with E-state index in [0.29, 0.717) is 31.2 Å². The maximum absolute atomic E-state index is 12.9. The number of aryl methyl sites for hydroxylation is 1. The van der Waals surface area contributed by atoms with Crippen LogP contribution in [-0.4, -0.2) is 45.6 Å². The molecule has 3 heterocycles. The number of rotatable bonds is 6. The van der Waals surface area contributed by atoms with Gasteiger partial charge in [-0.15, -0.1) is 0 Å². The third kappa shape index (κ3) is 4.32. The van der Waals surface area contributed by atoms with E-state index in [1.807, 2.05) is 37.3 Å². The van der Waals surface area contributed by atoms with Gasteiger partial charge in [0.1, 0.15) is 0 Å². The molecule has 9 nitrogen and oxygen atoms in total. The van der Waals surface area contributed by atoms with Crippen molar-refractivity contribution in [1.82, 2.24) is 19.8 Å². The van der Waals surface area contributed by atoms with Crippen molar-refractivity contribution in [3.8, 4) is 6.07 Å². The van der Waals surface area contributed by atoms with Crippen molar-refractivity contribution in [3.63, 3.8) is 0 Å². The van der Waals surface area contributed by atoms with Crippen LogP contribution in [0, 0.1) is 24.2 Å². The lowest BCUT2D eigenvalue weighted by Crippen LogP contribution is -2.49. The number of likely N-dealkylation sites (tertiary alicyclic amines) is 1. The smallest absolute Gasteiger partial charge is 0.319 e. The number of hydrogen-bond donors (Lipinski definition) is 3. The van der Waals surface area contributed by atoms with Crippen LogP contribution in [0.25, 0.3) is 5.52 Å². The Morgan fingerprint density at radius 2 is 2.06 bits per heavy atom. The highest BCUT2D eigenvalue weighted by Crippen LogP contribution is 2.28. The Kier molecular flexibility index (Phi) is 5.34. The van der Waals surface area contributed by atoms with Crippen molar-refractivity contribution in [2.24, 2.45) is 5.92 Å². The summed E-state index contributed by atoms with van der Waals surface area (Å²) in [5.74, 6) is -0.148. The summed E-state index contributed by atoms with van der Waals surface area (Å²) in [6, 6.07) is 11.9. The molecule has 9 heteroatoms. The van der Waals surface area contributed by atoms with Gasteiger partial charge in [0.15, 0.2) is 0 Å². The van der Waals surface area contributed by atoms with Gasteiger partial charge in [0.05, 0.1) is 28.8 Å². The van der Waals surface area contributed by atoms with Crippen molar-refractivity contribution in [3.05, 3.63) is 59.4 Å². The first-order valence-electron chi connectivity index (χ1n) is 11.1. The molecular formula is C24H25N7O2. The van der Waals surface area contributed by atoms with Gasteiger partial charge in [0.2, 0.25) is 0 Å².